The van der Waals surface area contributed by atoms with E-state index < -0.39 is 11.7 Å². The van der Waals surface area contributed by atoms with Crippen LogP contribution in [-0.4, -0.2) is 30.2 Å². The maximum absolute atomic E-state index is 13.6. The van der Waals surface area contributed by atoms with E-state index in [9.17, 15) is 8.78 Å². The molecule has 3 rings (SSSR count). The molecule has 2 aliphatic heterocycles. The highest BCUT2D eigenvalue weighted by atomic mass is 19.1. The van der Waals surface area contributed by atoms with Gasteiger partial charge in [-0.3, -0.25) is 15.0 Å². The molecule has 0 radical (unpaired) electrons. The summed E-state index contributed by atoms with van der Waals surface area (Å²) in [5.74, 6) is -0.816. The molecule has 3 heterocycles. The summed E-state index contributed by atoms with van der Waals surface area (Å²) in [6.07, 6.45) is 8.42. The first-order chi connectivity index (χ1) is 12.1. The Balaban J connectivity index is 1.85. The van der Waals surface area contributed by atoms with Crippen LogP contribution < -0.4 is 10.6 Å². The summed E-state index contributed by atoms with van der Waals surface area (Å²) in [7, 11) is 0. The molecular formula is C18H17F2N5. The molecule has 0 spiro atoms. The van der Waals surface area contributed by atoms with Crippen LogP contribution in [0.25, 0.3) is 5.57 Å². The molecule has 25 heavy (non-hydrogen) atoms. The Hall–Kier alpha value is -3.09. The lowest BCUT2D eigenvalue weighted by Crippen LogP contribution is -2.23. The average Bonchev–Trinajstić information content (AvgIpc) is 2.61. The minimum atomic E-state index is -0.661. The van der Waals surface area contributed by atoms with E-state index >= 15 is 0 Å². The summed E-state index contributed by atoms with van der Waals surface area (Å²) < 4.78 is 27.1. The van der Waals surface area contributed by atoms with Gasteiger partial charge < -0.3 is 10.6 Å². The Morgan fingerprint density at radius 3 is 2.72 bits per heavy atom. The van der Waals surface area contributed by atoms with Gasteiger partial charge in [-0.2, -0.15) is 0 Å². The number of nitrogens with one attached hydrogen (secondary N) is 2. The number of hydrogen-bond donors (Lipinski definition) is 2. The SMILES string of the molecule is C\C1=C/C(F)=C\C(F)=C\CN=C(c2ccc(C3=CNC=NC3)nc2)N1. The first kappa shape index (κ1) is 16.8. The molecule has 2 aliphatic rings. The molecule has 1 aromatic rings. The van der Waals surface area contributed by atoms with Gasteiger partial charge in [0.15, 0.2) is 0 Å². The molecule has 0 bridgehead atoms. The highest BCUT2D eigenvalue weighted by Gasteiger charge is 2.09. The maximum atomic E-state index is 13.6. The summed E-state index contributed by atoms with van der Waals surface area (Å²) in [5.41, 5.74) is 3.02. The fourth-order valence-corrected chi connectivity index (χ4v) is 2.35. The molecule has 0 aliphatic carbocycles. The minimum absolute atomic E-state index is 0.0940. The van der Waals surface area contributed by atoms with Crippen LogP contribution in [-0.2, 0) is 0 Å². The second-order valence-electron chi connectivity index (χ2n) is 5.50. The van der Waals surface area contributed by atoms with Gasteiger partial charge >= 0.3 is 0 Å². The van der Waals surface area contributed by atoms with Crippen LogP contribution in [0.5, 0.6) is 0 Å². The van der Waals surface area contributed by atoms with E-state index in [0.717, 1.165) is 22.9 Å². The van der Waals surface area contributed by atoms with E-state index in [1.165, 1.54) is 12.2 Å². The second kappa shape index (κ2) is 7.65. The zero-order chi connectivity index (χ0) is 17.6. The first-order valence-corrected chi connectivity index (χ1v) is 7.74. The van der Waals surface area contributed by atoms with E-state index in [2.05, 4.69) is 25.6 Å². The van der Waals surface area contributed by atoms with Crippen molar-refractivity contribution in [3.05, 3.63) is 71.4 Å². The van der Waals surface area contributed by atoms with Crippen LogP contribution in [0.15, 0.2) is 70.1 Å². The Morgan fingerprint density at radius 1 is 1.12 bits per heavy atom. The number of halogens is 2. The van der Waals surface area contributed by atoms with Crippen molar-refractivity contribution in [3.8, 4) is 0 Å². The number of aromatic nitrogens is 1. The number of pyridine rings is 1. The maximum Gasteiger partial charge on any atom is 0.134 e. The molecule has 5 nitrogen and oxygen atoms in total. The summed E-state index contributed by atoms with van der Waals surface area (Å²) in [4.78, 5) is 12.9. The van der Waals surface area contributed by atoms with Crippen molar-refractivity contribution in [1.82, 2.24) is 15.6 Å². The molecule has 0 amide bonds. The van der Waals surface area contributed by atoms with Gasteiger partial charge in [-0.25, -0.2) is 8.78 Å². The third kappa shape index (κ3) is 4.47. The molecule has 2 N–H and O–H groups in total. The van der Waals surface area contributed by atoms with Crippen molar-refractivity contribution in [1.29, 1.82) is 0 Å². The van der Waals surface area contributed by atoms with Crippen LogP contribution in [0.1, 0.15) is 18.2 Å². The number of rotatable bonds is 2. The van der Waals surface area contributed by atoms with Gasteiger partial charge in [0.25, 0.3) is 0 Å². The van der Waals surface area contributed by atoms with Crippen molar-refractivity contribution < 1.29 is 8.78 Å². The quantitative estimate of drug-likeness (QED) is 0.869. The summed E-state index contributed by atoms with van der Waals surface area (Å²) in [6, 6.07) is 3.72. The Bertz CT molecular complexity index is 830. The van der Waals surface area contributed by atoms with Gasteiger partial charge in [0.05, 0.1) is 25.1 Å². The molecule has 7 heteroatoms. The normalized spacial score (nSPS) is 24.2. The van der Waals surface area contributed by atoms with Gasteiger partial charge in [0, 0.05) is 35.3 Å². The molecule has 0 unspecified atom stereocenters. The monoisotopic (exact) mass is 341 g/mol. The lowest BCUT2D eigenvalue weighted by Gasteiger charge is -2.13. The fourth-order valence-electron chi connectivity index (χ4n) is 2.35. The van der Waals surface area contributed by atoms with E-state index in [-0.39, 0.29) is 6.54 Å². The highest BCUT2D eigenvalue weighted by Crippen LogP contribution is 2.15. The predicted molar refractivity (Wildman–Crippen MR) is 95.4 cm³/mol. The van der Waals surface area contributed by atoms with E-state index in [4.69, 9.17) is 0 Å². The van der Waals surface area contributed by atoms with Crippen LogP contribution in [0, 0.1) is 0 Å². The molecule has 128 valence electrons. The van der Waals surface area contributed by atoms with Gasteiger partial charge in [-0.15, -0.1) is 0 Å². The molecule has 0 aromatic carbocycles. The van der Waals surface area contributed by atoms with Gasteiger partial charge in [0.1, 0.15) is 17.5 Å². The zero-order valence-electron chi connectivity index (χ0n) is 13.6. The fraction of sp³-hybridized carbons (Fsp3) is 0.167. The standard InChI is InChI=1S/C18H17F2N5/c1-12-6-16(20)7-15(19)4-5-23-18(25-12)13-2-3-17(24-10-13)14-8-21-11-22-9-14/h2-4,6-8,10-11H,5,9H2,1H3,(H,21,22)(H,23,25)/b12-6+,15-4-,16-7+. The molecule has 0 saturated carbocycles. The van der Waals surface area contributed by atoms with E-state index in [1.807, 2.05) is 18.3 Å². The van der Waals surface area contributed by atoms with E-state index in [0.29, 0.717) is 18.1 Å². The minimum Gasteiger partial charge on any atom is -0.353 e. The third-order valence-electron chi connectivity index (χ3n) is 3.53. The van der Waals surface area contributed by atoms with Crippen LogP contribution in [0.3, 0.4) is 0 Å². The van der Waals surface area contributed by atoms with Crippen molar-refractivity contribution in [2.75, 3.05) is 13.1 Å². The Kier molecular flexibility index (Phi) is 5.13. The number of hydrogen-bond acceptors (Lipinski definition) is 5. The molecule has 1 aromatic heterocycles. The van der Waals surface area contributed by atoms with E-state index in [1.54, 1.807) is 19.5 Å². The second-order valence-corrected chi connectivity index (χ2v) is 5.50. The number of nitrogens with zero attached hydrogens (tertiary/aromatic N) is 3. The van der Waals surface area contributed by atoms with Crippen molar-refractivity contribution in [3.63, 3.8) is 0 Å². The number of aliphatic imine (C=N–C) groups is 2. The van der Waals surface area contributed by atoms with Crippen molar-refractivity contribution >= 4 is 17.7 Å². The van der Waals surface area contributed by atoms with Crippen LogP contribution in [0.2, 0.25) is 0 Å². The molecule has 0 saturated heterocycles. The zero-order valence-corrected chi connectivity index (χ0v) is 13.6. The van der Waals surface area contributed by atoms with Gasteiger partial charge in [-0.05, 0) is 31.2 Å². The van der Waals surface area contributed by atoms with Crippen molar-refractivity contribution in [2.45, 2.75) is 6.92 Å². The number of allylic oxidation sites excluding steroid dienone is 5. The van der Waals surface area contributed by atoms with Crippen LogP contribution >= 0.6 is 0 Å². The predicted octanol–water partition coefficient (Wildman–Crippen LogP) is 3.01. The Labute approximate surface area is 144 Å². The molecule has 0 atom stereocenters. The lowest BCUT2D eigenvalue weighted by atomic mass is 10.1. The summed E-state index contributed by atoms with van der Waals surface area (Å²) in [5, 5.41) is 5.97. The summed E-state index contributed by atoms with van der Waals surface area (Å²) in [6.45, 7) is 2.34. The van der Waals surface area contributed by atoms with Crippen molar-refractivity contribution in [2.24, 2.45) is 9.98 Å². The van der Waals surface area contributed by atoms with Crippen LogP contribution in [0.4, 0.5) is 8.78 Å². The van der Waals surface area contributed by atoms with Gasteiger partial charge in [-0.1, -0.05) is 0 Å². The molecule has 0 fully saturated rings. The third-order valence-corrected chi connectivity index (χ3v) is 3.53. The van der Waals surface area contributed by atoms with Gasteiger partial charge in [0.2, 0.25) is 0 Å². The summed E-state index contributed by atoms with van der Waals surface area (Å²) >= 11 is 0. The topological polar surface area (TPSA) is 61.7 Å². The highest BCUT2D eigenvalue weighted by molar-refractivity contribution is 5.99. The largest absolute Gasteiger partial charge is 0.353 e. The number of amidine groups is 1. The first-order valence-electron chi connectivity index (χ1n) is 7.74. The molecular weight excluding hydrogens is 324 g/mol. The average molecular weight is 341 g/mol. The Morgan fingerprint density at radius 2 is 2.00 bits per heavy atom. The lowest BCUT2D eigenvalue weighted by molar-refractivity contribution is 0.627. The smallest absolute Gasteiger partial charge is 0.134 e.